The number of aromatic nitrogens is 1. The number of benzene rings is 1. The molecule has 4 N–H and O–H groups in total. The van der Waals surface area contributed by atoms with E-state index in [2.05, 4.69) is 15.4 Å². The van der Waals surface area contributed by atoms with Crippen LogP contribution in [0, 0.1) is 5.92 Å². The van der Waals surface area contributed by atoms with Crippen molar-refractivity contribution in [2.45, 2.75) is 39.0 Å². The number of hydrogen-bond acceptors (Lipinski definition) is 6. The first-order valence-corrected chi connectivity index (χ1v) is 13.4. The molecule has 0 aliphatic rings. The quantitative estimate of drug-likeness (QED) is 0.266. The first kappa shape index (κ1) is 26.7. The molecular weight excluding hydrogens is 489 g/mol. The summed E-state index contributed by atoms with van der Waals surface area (Å²) in [6.45, 7) is 3.28. The number of amides is 1. The number of carboxylic acids is 1. The number of carbonyl (C=O) groups excluding carboxylic acids is 1. The Hall–Kier alpha value is -2.88. The minimum absolute atomic E-state index is 0.0417. The summed E-state index contributed by atoms with van der Waals surface area (Å²) in [5.41, 5.74) is 2.39. The highest BCUT2D eigenvalue weighted by Gasteiger charge is 2.33. The zero-order valence-corrected chi connectivity index (χ0v) is 21.0. The highest BCUT2D eigenvalue weighted by atomic mass is 32.1. The van der Waals surface area contributed by atoms with Crippen LogP contribution in [-0.2, 0) is 31.7 Å². The van der Waals surface area contributed by atoms with Gasteiger partial charge in [0.25, 0.3) is 0 Å². The van der Waals surface area contributed by atoms with Gasteiger partial charge in [0, 0.05) is 23.1 Å². The van der Waals surface area contributed by atoms with E-state index in [1.54, 1.807) is 44.3 Å². The molecule has 0 fully saturated rings. The van der Waals surface area contributed by atoms with Gasteiger partial charge in [-0.1, -0.05) is 50.2 Å². The topological polar surface area (TPSA) is 138 Å². The molecule has 1 unspecified atom stereocenters. The van der Waals surface area contributed by atoms with Crippen LogP contribution in [0.1, 0.15) is 24.3 Å². The highest BCUT2D eigenvalue weighted by molar-refractivity contribution is 7.50. The zero-order valence-electron chi connectivity index (χ0n) is 19.3. The SMILES string of the molecule is CC(C)[C@H](NP(=O)(O)OCc1cccs1)C(=O)N[C@@H](Cc1ccc(-c2ccccn2)cc1)C(=O)O. The number of thiophene rings is 1. The maximum absolute atomic E-state index is 12.9. The summed E-state index contributed by atoms with van der Waals surface area (Å²) in [7, 11) is -4.32. The molecule has 0 spiro atoms. The predicted octanol–water partition coefficient (Wildman–Crippen LogP) is 3.85. The average molecular weight is 518 g/mol. The van der Waals surface area contributed by atoms with Crippen molar-refractivity contribution in [2.75, 3.05) is 0 Å². The van der Waals surface area contributed by atoms with Gasteiger partial charge in [0.15, 0.2) is 0 Å². The largest absolute Gasteiger partial charge is 0.480 e. The van der Waals surface area contributed by atoms with Crippen LogP contribution in [0.2, 0.25) is 0 Å². The summed E-state index contributed by atoms with van der Waals surface area (Å²) in [5.74, 6) is -2.32. The maximum Gasteiger partial charge on any atom is 0.403 e. The second-order valence-electron chi connectivity index (χ2n) is 8.24. The van der Waals surface area contributed by atoms with E-state index in [0.717, 1.165) is 16.1 Å². The van der Waals surface area contributed by atoms with Crippen LogP contribution in [0.5, 0.6) is 0 Å². The molecule has 0 aliphatic heterocycles. The van der Waals surface area contributed by atoms with E-state index in [9.17, 15) is 24.2 Å². The normalized spacial score (nSPS) is 14.7. The number of hydrogen-bond donors (Lipinski definition) is 4. The van der Waals surface area contributed by atoms with Crippen molar-refractivity contribution < 1.29 is 28.7 Å². The second-order valence-corrected chi connectivity index (χ2v) is 10.8. The average Bonchev–Trinajstić information content (AvgIpc) is 3.35. The Balaban J connectivity index is 1.64. The van der Waals surface area contributed by atoms with E-state index in [1.807, 2.05) is 35.7 Å². The van der Waals surface area contributed by atoms with E-state index >= 15 is 0 Å². The van der Waals surface area contributed by atoms with Gasteiger partial charge in [-0.2, -0.15) is 0 Å². The van der Waals surface area contributed by atoms with Gasteiger partial charge in [-0.25, -0.2) is 14.4 Å². The van der Waals surface area contributed by atoms with Gasteiger partial charge >= 0.3 is 13.7 Å². The molecule has 11 heteroatoms. The molecule has 9 nitrogen and oxygen atoms in total. The molecule has 2 aromatic heterocycles. The number of carbonyl (C=O) groups is 2. The first-order valence-electron chi connectivity index (χ1n) is 11.0. The number of pyridine rings is 1. The lowest BCUT2D eigenvalue weighted by atomic mass is 10.0. The van der Waals surface area contributed by atoms with Crippen molar-refractivity contribution in [3.05, 3.63) is 76.6 Å². The van der Waals surface area contributed by atoms with Gasteiger partial charge in [0.1, 0.15) is 6.04 Å². The number of nitrogens with one attached hydrogen (secondary N) is 2. The van der Waals surface area contributed by atoms with E-state index < -0.39 is 37.6 Å². The van der Waals surface area contributed by atoms with Crippen LogP contribution >= 0.6 is 19.1 Å². The third-order valence-corrected chi connectivity index (χ3v) is 7.12. The summed E-state index contributed by atoms with van der Waals surface area (Å²) in [6.07, 6.45) is 1.73. The monoisotopic (exact) mass is 517 g/mol. The molecule has 1 amide bonds. The Morgan fingerprint density at radius 2 is 1.86 bits per heavy atom. The summed E-state index contributed by atoms with van der Waals surface area (Å²) < 4.78 is 17.6. The minimum atomic E-state index is -4.32. The molecule has 3 rings (SSSR count). The molecule has 3 aromatic rings. The lowest BCUT2D eigenvalue weighted by molar-refractivity contribution is -0.142. The van der Waals surface area contributed by atoms with Crippen molar-refractivity contribution >= 4 is 31.0 Å². The van der Waals surface area contributed by atoms with Crippen molar-refractivity contribution in [1.82, 2.24) is 15.4 Å². The summed E-state index contributed by atoms with van der Waals surface area (Å²) in [6, 6.07) is 14.0. The van der Waals surface area contributed by atoms with Crippen molar-refractivity contribution in [1.29, 1.82) is 0 Å². The van der Waals surface area contributed by atoms with E-state index in [4.69, 9.17) is 4.52 Å². The van der Waals surface area contributed by atoms with Gasteiger partial charge in [0.2, 0.25) is 5.91 Å². The smallest absolute Gasteiger partial charge is 0.403 e. The molecule has 0 radical (unpaired) electrons. The van der Waals surface area contributed by atoms with Crippen molar-refractivity contribution in [2.24, 2.45) is 5.92 Å². The molecule has 2 heterocycles. The van der Waals surface area contributed by atoms with Crippen LogP contribution in [-0.4, -0.2) is 38.9 Å². The van der Waals surface area contributed by atoms with Gasteiger partial charge in [-0.05, 0) is 35.1 Å². The summed E-state index contributed by atoms with van der Waals surface area (Å²) >= 11 is 1.37. The number of nitrogens with zero attached hydrogens (tertiary/aromatic N) is 1. The molecule has 186 valence electrons. The Labute approximate surface area is 207 Å². The van der Waals surface area contributed by atoms with Crippen LogP contribution in [0.4, 0.5) is 0 Å². The minimum Gasteiger partial charge on any atom is -0.480 e. The number of rotatable bonds is 12. The van der Waals surface area contributed by atoms with Gasteiger partial charge < -0.3 is 15.3 Å². The van der Waals surface area contributed by atoms with E-state index in [-0.39, 0.29) is 13.0 Å². The molecular formula is C24H28N3O6PS. The van der Waals surface area contributed by atoms with Crippen LogP contribution in [0.25, 0.3) is 11.3 Å². The van der Waals surface area contributed by atoms with E-state index in [1.165, 1.54) is 11.3 Å². The Bertz CT molecular complexity index is 1160. The fourth-order valence-corrected chi connectivity index (χ4v) is 5.17. The zero-order chi connectivity index (χ0) is 25.4. The van der Waals surface area contributed by atoms with Gasteiger partial charge in [-0.3, -0.25) is 14.3 Å². The second kappa shape index (κ2) is 12.2. The molecule has 0 saturated heterocycles. The van der Waals surface area contributed by atoms with Crippen molar-refractivity contribution in [3.63, 3.8) is 0 Å². The van der Waals surface area contributed by atoms with Crippen LogP contribution in [0.15, 0.2) is 66.2 Å². The fraction of sp³-hybridized carbons (Fsp3) is 0.292. The van der Waals surface area contributed by atoms with Gasteiger partial charge in [0.05, 0.1) is 18.3 Å². The molecule has 3 atom stereocenters. The van der Waals surface area contributed by atoms with Crippen molar-refractivity contribution in [3.8, 4) is 11.3 Å². The number of aliphatic carboxylic acids is 1. The van der Waals surface area contributed by atoms with E-state index in [0.29, 0.717) is 5.56 Å². The number of carboxylic acid groups (broad SMARTS) is 1. The molecule has 0 bridgehead atoms. The lowest BCUT2D eigenvalue weighted by Crippen LogP contribution is -2.52. The Morgan fingerprint density at radius 3 is 2.43 bits per heavy atom. The molecule has 35 heavy (non-hydrogen) atoms. The third-order valence-electron chi connectivity index (χ3n) is 5.18. The predicted molar refractivity (Wildman–Crippen MR) is 134 cm³/mol. The molecule has 1 aromatic carbocycles. The summed E-state index contributed by atoms with van der Waals surface area (Å²) in [5, 5.41) is 16.4. The Kier molecular flexibility index (Phi) is 9.31. The summed E-state index contributed by atoms with van der Waals surface area (Å²) in [4.78, 5) is 40.0. The Morgan fingerprint density at radius 1 is 1.11 bits per heavy atom. The molecule has 0 aliphatic carbocycles. The molecule has 0 saturated carbocycles. The standard InChI is InChI=1S/C24H28N3O6PS/c1-16(2)22(27-34(31,32)33-15-19-6-5-13-35-19)23(28)26-21(24(29)30)14-17-8-10-18(11-9-17)20-7-3-4-12-25-20/h3-13,16,21-22H,14-15H2,1-2H3,(H,26,28)(H,29,30)(H2,27,31,32)/t21-,22-/m0/s1. The highest BCUT2D eigenvalue weighted by Crippen LogP contribution is 2.39. The van der Waals surface area contributed by atoms with Crippen LogP contribution < -0.4 is 10.4 Å². The fourth-order valence-electron chi connectivity index (χ4n) is 3.31. The maximum atomic E-state index is 12.9. The third kappa shape index (κ3) is 8.09. The van der Waals surface area contributed by atoms with Crippen LogP contribution in [0.3, 0.4) is 0 Å². The lowest BCUT2D eigenvalue weighted by Gasteiger charge is -2.26. The first-order chi connectivity index (χ1) is 16.6. The van der Waals surface area contributed by atoms with Gasteiger partial charge in [-0.15, -0.1) is 11.3 Å².